The molecule has 1 heterocycles. The van der Waals surface area contributed by atoms with Gasteiger partial charge in [0.15, 0.2) is 6.61 Å². The third kappa shape index (κ3) is 5.90. The summed E-state index contributed by atoms with van der Waals surface area (Å²) in [5.41, 5.74) is 4.61. The first kappa shape index (κ1) is 22.0. The van der Waals surface area contributed by atoms with Crippen molar-refractivity contribution in [2.24, 2.45) is 0 Å². The van der Waals surface area contributed by atoms with Crippen LogP contribution in [0.5, 0.6) is 0 Å². The second kappa shape index (κ2) is 10.9. The van der Waals surface area contributed by atoms with Gasteiger partial charge < -0.3 is 19.7 Å². The van der Waals surface area contributed by atoms with Gasteiger partial charge in [-0.25, -0.2) is 4.79 Å². The molecule has 1 amide bonds. The van der Waals surface area contributed by atoms with Crippen LogP contribution in [0.4, 0.5) is 5.69 Å². The van der Waals surface area contributed by atoms with Gasteiger partial charge in [0, 0.05) is 11.3 Å². The SMILES string of the molecule is CCc1cccc(CC)c1NC(=O)COC(=O)c1ccc(C[NH+]2CCOCC2)cc1. The second-order valence-corrected chi connectivity index (χ2v) is 7.52. The van der Waals surface area contributed by atoms with Crippen molar-refractivity contribution in [1.29, 1.82) is 0 Å². The van der Waals surface area contributed by atoms with Gasteiger partial charge in [0.25, 0.3) is 5.91 Å². The van der Waals surface area contributed by atoms with E-state index in [9.17, 15) is 9.59 Å². The number of carbonyl (C=O) groups is 2. The molecular weight excluding hydrogens is 380 g/mol. The van der Waals surface area contributed by atoms with Crippen molar-refractivity contribution >= 4 is 17.6 Å². The van der Waals surface area contributed by atoms with Crippen LogP contribution in [0.25, 0.3) is 0 Å². The number of hydrogen-bond donors (Lipinski definition) is 2. The van der Waals surface area contributed by atoms with Crippen LogP contribution in [0.15, 0.2) is 42.5 Å². The van der Waals surface area contributed by atoms with Crippen molar-refractivity contribution in [3.05, 3.63) is 64.7 Å². The molecule has 3 rings (SSSR count). The first-order valence-corrected chi connectivity index (χ1v) is 10.7. The molecule has 6 heteroatoms. The van der Waals surface area contributed by atoms with Gasteiger partial charge in [-0.2, -0.15) is 0 Å². The molecule has 0 atom stereocenters. The Bertz CT molecular complexity index is 836. The van der Waals surface area contributed by atoms with Crippen LogP contribution in [-0.2, 0) is 33.7 Å². The number of aryl methyl sites for hydroxylation is 2. The monoisotopic (exact) mass is 411 g/mol. The standard InChI is InChI=1S/C24H30N2O4/c1-3-19-6-5-7-20(4-2)23(19)25-22(27)17-30-24(28)21-10-8-18(9-11-21)16-26-12-14-29-15-13-26/h5-11H,3-4,12-17H2,1-2H3,(H,25,27)/p+1. The summed E-state index contributed by atoms with van der Waals surface area (Å²) in [6, 6.07) is 13.4. The average molecular weight is 412 g/mol. The van der Waals surface area contributed by atoms with Gasteiger partial charge >= 0.3 is 5.97 Å². The topological polar surface area (TPSA) is 69.1 Å². The van der Waals surface area contributed by atoms with Crippen LogP contribution in [-0.4, -0.2) is 44.8 Å². The Morgan fingerprint density at radius 2 is 1.63 bits per heavy atom. The summed E-state index contributed by atoms with van der Waals surface area (Å²) in [7, 11) is 0. The van der Waals surface area contributed by atoms with Crippen LogP contribution in [0.1, 0.15) is 40.9 Å². The molecule has 1 aliphatic rings. The van der Waals surface area contributed by atoms with Crippen LogP contribution >= 0.6 is 0 Å². The molecule has 0 aliphatic carbocycles. The largest absolute Gasteiger partial charge is 0.452 e. The molecule has 0 saturated carbocycles. The van der Waals surface area contributed by atoms with Crippen molar-refractivity contribution in [3.8, 4) is 0 Å². The lowest BCUT2D eigenvalue weighted by Gasteiger charge is -2.23. The number of anilines is 1. The molecule has 0 bridgehead atoms. The lowest BCUT2D eigenvalue weighted by molar-refractivity contribution is -0.921. The molecule has 1 aliphatic heterocycles. The summed E-state index contributed by atoms with van der Waals surface area (Å²) >= 11 is 0. The average Bonchev–Trinajstić information content (AvgIpc) is 2.78. The van der Waals surface area contributed by atoms with Gasteiger partial charge in [-0.1, -0.05) is 44.2 Å². The number of esters is 1. The van der Waals surface area contributed by atoms with E-state index in [0.29, 0.717) is 5.56 Å². The summed E-state index contributed by atoms with van der Waals surface area (Å²) in [5, 5.41) is 2.91. The number of benzene rings is 2. The number of quaternary nitrogens is 1. The minimum absolute atomic E-state index is 0.306. The molecule has 160 valence electrons. The van der Waals surface area contributed by atoms with Gasteiger partial charge in [-0.15, -0.1) is 0 Å². The predicted molar refractivity (Wildman–Crippen MR) is 116 cm³/mol. The number of ether oxygens (including phenoxy) is 2. The maximum absolute atomic E-state index is 12.4. The highest BCUT2D eigenvalue weighted by Gasteiger charge is 2.16. The maximum Gasteiger partial charge on any atom is 0.338 e. The first-order valence-electron chi connectivity index (χ1n) is 10.7. The summed E-state index contributed by atoms with van der Waals surface area (Å²) in [6.45, 7) is 8.30. The molecule has 0 spiro atoms. The fourth-order valence-electron chi connectivity index (χ4n) is 3.68. The van der Waals surface area contributed by atoms with Crippen molar-refractivity contribution in [2.75, 3.05) is 38.2 Å². The molecule has 1 fully saturated rings. The molecule has 0 unspecified atom stereocenters. The maximum atomic E-state index is 12.4. The molecule has 6 nitrogen and oxygen atoms in total. The van der Waals surface area contributed by atoms with Gasteiger partial charge in [0.05, 0.1) is 18.8 Å². The van der Waals surface area contributed by atoms with E-state index >= 15 is 0 Å². The predicted octanol–water partition coefficient (Wildman–Crippen LogP) is 2.02. The van der Waals surface area contributed by atoms with E-state index in [-0.39, 0.29) is 12.5 Å². The minimum atomic E-state index is -0.491. The number of carbonyl (C=O) groups excluding carboxylic acids is 2. The lowest BCUT2D eigenvalue weighted by Crippen LogP contribution is -3.12. The van der Waals surface area contributed by atoms with Crippen LogP contribution in [0, 0.1) is 0 Å². The van der Waals surface area contributed by atoms with Crippen molar-refractivity contribution in [3.63, 3.8) is 0 Å². The third-order valence-corrected chi connectivity index (χ3v) is 5.44. The van der Waals surface area contributed by atoms with Gasteiger partial charge in [-0.3, -0.25) is 4.79 Å². The highest BCUT2D eigenvalue weighted by Crippen LogP contribution is 2.22. The Hall–Kier alpha value is -2.70. The summed E-state index contributed by atoms with van der Waals surface area (Å²) in [5.74, 6) is -0.818. The number of nitrogens with one attached hydrogen (secondary N) is 2. The van der Waals surface area contributed by atoms with E-state index < -0.39 is 5.97 Å². The Labute approximate surface area is 178 Å². The van der Waals surface area contributed by atoms with Crippen molar-refractivity contribution in [2.45, 2.75) is 33.2 Å². The van der Waals surface area contributed by atoms with E-state index in [4.69, 9.17) is 9.47 Å². The van der Waals surface area contributed by atoms with Crippen molar-refractivity contribution in [1.82, 2.24) is 0 Å². The summed E-state index contributed by atoms with van der Waals surface area (Å²) in [6.07, 6.45) is 1.64. The number of para-hydroxylation sites is 1. The first-order chi connectivity index (χ1) is 14.6. The fraction of sp³-hybridized carbons (Fsp3) is 0.417. The molecule has 0 aromatic heterocycles. The molecule has 2 aromatic carbocycles. The highest BCUT2D eigenvalue weighted by molar-refractivity contribution is 5.96. The molecule has 2 aromatic rings. The fourth-order valence-corrected chi connectivity index (χ4v) is 3.68. The van der Waals surface area contributed by atoms with Gasteiger partial charge in [-0.05, 0) is 36.1 Å². The minimum Gasteiger partial charge on any atom is -0.452 e. The third-order valence-electron chi connectivity index (χ3n) is 5.44. The molecule has 30 heavy (non-hydrogen) atoms. The lowest BCUT2D eigenvalue weighted by atomic mass is 10.0. The summed E-state index contributed by atoms with van der Waals surface area (Å²) < 4.78 is 10.6. The Morgan fingerprint density at radius 3 is 2.23 bits per heavy atom. The highest BCUT2D eigenvalue weighted by atomic mass is 16.5. The van der Waals surface area contributed by atoms with Crippen LogP contribution in [0.3, 0.4) is 0 Å². The number of rotatable bonds is 8. The zero-order chi connectivity index (χ0) is 21.3. The normalized spacial score (nSPS) is 14.3. The second-order valence-electron chi connectivity index (χ2n) is 7.52. The van der Waals surface area contributed by atoms with E-state index in [2.05, 4.69) is 19.2 Å². The van der Waals surface area contributed by atoms with Crippen LogP contribution in [0.2, 0.25) is 0 Å². The van der Waals surface area contributed by atoms with Gasteiger partial charge in [0.2, 0.25) is 0 Å². The van der Waals surface area contributed by atoms with Crippen molar-refractivity contribution < 1.29 is 24.0 Å². The Morgan fingerprint density at radius 1 is 1.00 bits per heavy atom. The Kier molecular flexibility index (Phi) is 7.99. The van der Waals surface area contributed by atoms with E-state index in [1.54, 1.807) is 12.1 Å². The number of amides is 1. The molecule has 0 radical (unpaired) electrons. The zero-order valence-electron chi connectivity index (χ0n) is 17.8. The smallest absolute Gasteiger partial charge is 0.338 e. The zero-order valence-corrected chi connectivity index (χ0v) is 17.8. The number of hydrogen-bond acceptors (Lipinski definition) is 4. The molecule has 1 saturated heterocycles. The Balaban J connectivity index is 1.52. The van der Waals surface area contributed by atoms with Gasteiger partial charge in [0.1, 0.15) is 19.6 Å². The van der Waals surface area contributed by atoms with E-state index in [1.807, 2.05) is 30.3 Å². The quantitative estimate of drug-likeness (QED) is 0.652. The molecular formula is C24H31N2O4+. The van der Waals surface area contributed by atoms with E-state index in [0.717, 1.165) is 62.5 Å². The summed E-state index contributed by atoms with van der Waals surface area (Å²) in [4.78, 5) is 26.2. The van der Waals surface area contributed by atoms with Crippen LogP contribution < -0.4 is 10.2 Å². The van der Waals surface area contributed by atoms with E-state index in [1.165, 1.54) is 10.5 Å². The molecule has 2 N–H and O–H groups in total. The number of morpholine rings is 1.